The van der Waals surface area contributed by atoms with Crippen LogP contribution >= 0.6 is 0 Å². The van der Waals surface area contributed by atoms with Crippen LogP contribution in [0.3, 0.4) is 0 Å². The van der Waals surface area contributed by atoms with E-state index in [9.17, 15) is 0 Å². The van der Waals surface area contributed by atoms with Gasteiger partial charge in [0, 0.05) is 25.8 Å². The van der Waals surface area contributed by atoms with E-state index in [-0.39, 0.29) is 0 Å². The average molecular weight is 272 g/mol. The van der Waals surface area contributed by atoms with Crippen LogP contribution in [0.4, 0.5) is 0 Å². The van der Waals surface area contributed by atoms with Gasteiger partial charge in [0.15, 0.2) is 0 Å². The minimum absolute atomic E-state index is 0.351. The van der Waals surface area contributed by atoms with Gasteiger partial charge in [0.05, 0.1) is 12.6 Å². The largest absolute Gasteiger partial charge is 0.380 e. The smallest absolute Gasteiger partial charge is 0.0724 e. The lowest BCUT2D eigenvalue weighted by molar-refractivity contribution is -0.00744. The summed E-state index contributed by atoms with van der Waals surface area (Å²) in [5.41, 5.74) is 7.76. The molecular weight excluding hydrogens is 248 g/mol. The lowest BCUT2D eigenvalue weighted by Crippen LogP contribution is -2.43. The molecule has 108 valence electrons. The summed E-state index contributed by atoms with van der Waals surface area (Å²) in [7, 11) is 1.81. The monoisotopic (exact) mass is 272 g/mol. The summed E-state index contributed by atoms with van der Waals surface area (Å²) in [6, 6.07) is 8.41. The van der Waals surface area contributed by atoms with E-state index >= 15 is 0 Å². The Morgan fingerprint density at radius 1 is 1.45 bits per heavy atom. The Labute approximate surface area is 122 Å². The number of nitrogens with zero attached hydrogens (tertiary/aromatic N) is 1. The van der Waals surface area contributed by atoms with Gasteiger partial charge in [-0.15, -0.1) is 0 Å². The summed E-state index contributed by atoms with van der Waals surface area (Å²) in [5, 5.41) is 0. The first-order valence-corrected chi connectivity index (χ1v) is 7.26. The maximum absolute atomic E-state index is 5.57. The van der Waals surface area contributed by atoms with Crippen molar-refractivity contribution >= 4 is 0 Å². The van der Waals surface area contributed by atoms with Crippen molar-refractivity contribution in [3.63, 3.8) is 0 Å². The first kappa shape index (κ1) is 15.1. The first-order chi connectivity index (χ1) is 9.72. The third-order valence-corrected chi connectivity index (χ3v) is 3.94. The first-order valence-electron chi connectivity index (χ1n) is 7.26. The van der Waals surface area contributed by atoms with Crippen molar-refractivity contribution < 1.29 is 4.74 Å². The molecule has 2 N–H and O–H groups in total. The highest BCUT2D eigenvalue weighted by atomic mass is 16.5. The highest BCUT2D eigenvalue weighted by molar-refractivity contribution is 5.37. The molecule has 3 nitrogen and oxygen atoms in total. The molecule has 2 atom stereocenters. The van der Waals surface area contributed by atoms with Crippen molar-refractivity contribution in [2.75, 3.05) is 26.7 Å². The molecule has 1 aliphatic heterocycles. The molecule has 1 fully saturated rings. The predicted molar refractivity (Wildman–Crippen MR) is 82.2 cm³/mol. The minimum atomic E-state index is 0.351. The molecule has 3 heteroatoms. The Balaban J connectivity index is 1.99. The molecule has 0 bridgehead atoms. The summed E-state index contributed by atoms with van der Waals surface area (Å²) in [6.45, 7) is 5.79. The molecule has 1 aliphatic rings. The molecule has 1 aromatic carbocycles. The van der Waals surface area contributed by atoms with E-state index in [0.29, 0.717) is 18.6 Å². The second-order valence-electron chi connectivity index (χ2n) is 5.48. The third kappa shape index (κ3) is 4.08. The molecule has 1 aromatic rings. The number of rotatable bonds is 3. The van der Waals surface area contributed by atoms with Crippen molar-refractivity contribution in [2.24, 2.45) is 11.7 Å². The van der Waals surface area contributed by atoms with Crippen molar-refractivity contribution in [3.8, 4) is 11.8 Å². The molecule has 1 heterocycles. The van der Waals surface area contributed by atoms with Gasteiger partial charge >= 0.3 is 0 Å². The highest BCUT2D eigenvalue weighted by Gasteiger charge is 2.25. The van der Waals surface area contributed by atoms with E-state index in [1.54, 1.807) is 0 Å². The molecule has 0 aliphatic carbocycles. The van der Waals surface area contributed by atoms with Gasteiger partial charge in [-0.05, 0) is 36.6 Å². The molecule has 20 heavy (non-hydrogen) atoms. The molecule has 2 rings (SSSR count). The van der Waals surface area contributed by atoms with Crippen molar-refractivity contribution in [3.05, 3.63) is 35.4 Å². The van der Waals surface area contributed by atoms with Crippen molar-refractivity contribution in [1.29, 1.82) is 0 Å². The van der Waals surface area contributed by atoms with Gasteiger partial charge in [0.1, 0.15) is 0 Å². The number of hydrogen-bond donors (Lipinski definition) is 1. The molecular formula is C17H24N2O. The molecule has 0 aromatic heterocycles. The Morgan fingerprint density at radius 2 is 2.30 bits per heavy atom. The summed E-state index contributed by atoms with van der Waals surface area (Å²) in [5.74, 6) is 6.64. The fraction of sp³-hybridized carbons (Fsp3) is 0.529. The van der Waals surface area contributed by atoms with Gasteiger partial charge in [0.25, 0.3) is 0 Å². The fourth-order valence-electron chi connectivity index (χ4n) is 2.71. The Kier molecular flexibility index (Phi) is 5.60. The SMILES string of the molecule is COC1CN(Cc2cccc(C#CCN)c2)CCC1C. The second kappa shape index (κ2) is 7.44. The van der Waals surface area contributed by atoms with E-state index in [1.165, 1.54) is 12.0 Å². The van der Waals surface area contributed by atoms with Crippen LogP contribution in [0.2, 0.25) is 0 Å². The van der Waals surface area contributed by atoms with Crippen LogP contribution in [-0.4, -0.2) is 37.7 Å². The van der Waals surface area contributed by atoms with Crippen LogP contribution < -0.4 is 5.73 Å². The standard InChI is InChI=1S/C17H24N2O/c1-14-8-10-19(13-17(14)20-2)12-16-6-3-5-15(11-16)7-4-9-18/h3,5-6,11,14,17H,8-10,12-13,18H2,1-2H3. The summed E-state index contributed by atoms with van der Waals surface area (Å²) in [4.78, 5) is 2.46. The van der Waals surface area contributed by atoms with Gasteiger partial charge in [0.2, 0.25) is 0 Å². The number of ether oxygens (including phenoxy) is 1. The quantitative estimate of drug-likeness (QED) is 0.854. The summed E-state index contributed by atoms with van der Waals surface area (Å²) < 4.78 is 5.57. The van der Waals surface area contributed by atoms with Gasteiger partial charge in [-0.25, -0.2) is 0 Å². The molecule has 0 radical (unpaired) electrons. The van der Waals surface area contributed by atoms with Gasteiger partial charge < -0.3 is 10.5 Å². The van der Waals surface area contributed by atoms with Crippen LogP contribution in [0.5, 0.6) is 0 Å². The maximum atomic E-state index is 5.57. The Hall–Kier alpha value is -1.34. The van der Waals surface area contributed by atoms with E-state index in [4.69, 9.17) is 10.5 Å². The zero-order valence-electron chi connectivity index (χ0n) is 12.4. The number of nitrogens with two attached hydrogens (primary N) is 1. The lowest BCUT2D eigenvalue weighted by atomic mass is 9.95. The molecule has 0 amide bonds. The molecule has 2 unspecified atom stereocenters. The normalized spacial score (nSPS) is 23.1. The molecule has 1 saturated heterocycles. The van der Waals surface area contributed by atoms with E-state index < -0.39 is 0 Å². The van der Waals surface area contributed by atoms with Crippen LogP contribution in [0.25, 0.3) is 0 Å². The number of piperidine rings is 1. The average Bonchev–Trinajstić information content (AvgIpc) is 2.47. The highest BCUT2D eigenvalue weighted by Crippen LogP contribution is 2.21. The Morgan fingerprint density at radius 3 is 3.05 bits per heavy atom. The summed E-state index contributed by atoms with van der Waals surface area (Å²) in [6.07, 6.45) is 1.55. The number of methoxy groups -OCH3 is 1. The van der Waals surface area contributed by atoms with Crippen LogP contribution in [0.15, 0.2) is 24.3 Å². The Bertz CT molecular complexity index is 489. The topological polar surface area (TPSA) is 38.5 Å². The maximum Gasteiger partial charge on any atom is 0.0724 e. The number of likely N-dealkylation sites (tertiary alicyclic amines) is 1. The minimum Gasteiger partial charge on any atom is -0.380 e. The molecule has 0 spiro atoms. The van der Waals surface area contributed by atoms with Gasteiger partial charge in [-0.3, -0.25) is 4.90 Å². The van der Waals surface area contributed by atoms with Gasteiger partial charge in [-0.2, -0.15) is 0 Å². The van der Waals surface area contributed by atoms with Crippen molar-refractivity contribution in [2.45, 2.75) is 26.0 Å². The van der Waals surface area contributed by atoms with E-state index in [0.717, 1.165) is 25.2 Å². The fourth-order valence-corrected chi connectivity index (χ4v) is 2.71. The second-order valence-corrected chi connectivity index (χ2v) is 5.48. The number of benzene rings is 1. The molecule has 0 saturated carbocycles. The third-order valence-electron chi connectivity index (χ3n) is 3.94. The number of hydrogen-bond acceptors (Lipinski definition) is 3. The zero-order chi connectivity index (χ0) is 14.4. The predicted octanol–water partition coefficient (Wildman–Crippen LogP) is 1.85. The summed E-state index contributed by atoms with van der Waals surface area (Å²) >= 11 is 0. The van der Waals surface area contributed by atoms with Crippen LogP contribution in [-0.2, 0) is 11.3 Å². The van der Waals surface area contributed by atoms with Gasteiger partial charge in [-0.1, -0.05) is 30.9 Å². The lowest BCUT2D eigenvalue weighted by Gasteiger charge is -2.36. The van der Waals surface area contributed by atoms with E-state index in [1.807, 2.05) is 13.2 Å². The van der Waals surface area contributed by atoms with Crippen LogP contribution in [0.1, 0.15) is 24.5 Å². The van der Waals surface area contributed by atoms with Crippen LogP contribution in [0, 0.1) is 17.8 Å². The van der Waals surface area contributed by atoms with Crippen molar-refractivity contribution in [1.82, 2.24) is 4.90 Å². The van der Waals surface area contributed by atoms with E-state index in [2.05, 4.69) is 41.9 Å². The zero-order valence-corrected chi connectivity index (χ0v) is 12.4.